The van der Waals surface area contributed by atoms with Crippen molar-refractivity contribution in [2.45, 2.75) is 24.1 Å². The van der Waals surface area contributed by atoms with E-state index < -0.39 is 11.4 Å². The highest BCUT2D eigenvalue weighted by atomic mass is 32.2. The van der Waals surface area contributed by atoms with Crippen molar-refractivity contribution in [1.82, 2.24) is 9.97 Å². The van der Waals surface area contributed by atoms with Gasteiger partial charge in [-0.1, -0.05) is 24.6 Å². The Morgan fingerprint density at radius 2 is 2.30 bits per heavy atom. The van der Waals surface area contributed by atoms with E-state index in [-0.39, 0.29) is 24.0 Å². The normalized spacial score (nSPS) is 27.8. The van der Waals surface area contributed by atoms with Crippen LogP contribution in [0.4, 0.5) is 10.1 Å². The zero-order valence-electron chi connectivity index (χ0n) is 16.1. The topological polar surface area (TPSA) is 102 Å². The number of nitrogens with one attached hydrogen (secondary N) is 1. The number of carbonyl (C=O) groups is 1. The average molecular weight is 423 g/mol. The Labute approximate surface area is 176 Å². The molecular formula is C21H18FN5O2S. The Balaban J connectivity index is 1.39. The van der Waals surface area contributed by atoms with Crippen LogP contribution in [0.2, 0.25) is 0 Å². The molecule has 1 spiro atoms. The van der Waals surface area contributed by atoms with Crippen molar-refractivity contribution in [3.8, 4) is 18.2 Å². The van der Waals surface area contributed by atoms with Gasteiger partial charge >= 0.3 is 0 Å². The number of carbonyl (C=O) groups excluding carboxylic acids is 1. The second kappa shape index (κ2) is 6.71. The van der Waals surface area contributed by atoms with E-state index in [9.17, 15) is 9.18 Å². The van der Waals surface area contributed by atoms with Gasteiger partial charge in [-0.25, -0.2) is 14.4 Å². The Bertz CT molecular complexity index is 1130. The number of amidine groups is 1. The molecule has 2 aliphatic carbocycles. The van der Waals surface area contributed by atoms with Gasteiger partial charge < -0.3 is 15.8 Å². The summed E-state index contributed by atoms with van der Waals surface area (Å²) in [4.78, 5) is 25.3. The number of aromatic nitrogens is 2. The number of amides is 1. The lowest BCUT2D eigenvalue weighted by Crippen LogP contribution is -2.44. The minimum Gasteiger partial charge on any atom is -0.463 e. The molecule has 152 valence electrons. The van der Waals surface area contributed by atoms with Crippen LogP contribution in [0.25, 0.3) is 0 Å². The second-order valence-electron chi connectivity index (χ2n) is 7.69. The number of hydrogen-bond acceptors (Lipinski definition) is 7. The molecule has 4 atom stereocenters. The third-order valence-corrected chi connectivity index (χ3v) is 7.27. The number of nitrogens with zero attached hydrogens (tertiary/aromatic N) is 3. The van der Waals surface area contributed by atoms with Crippen molar-refractivity contribution in [3.63, 3.8) is 0 Å². The molecular weight excluding hydrogens is 405 g/mol. The number of fused-ring (bicyclic) bond motifs is 4. The summed E-state index contributed by atoms with van der Waals surface area (Å²) in [7, 11) is 0. The molecule has 0 saturated heterocycles. The van der Waals surface area contributed by atoms with E-state index >= 15 is 0 Å². The van der Waals surface area contributed by atoms with Gasteiger partial charge in [0.15, 0.2) is 11.8 Å². The first-order valence-corrected chi connectivity index (χ1v) is 10.4. The third-order valence-electron chi connectivity index (χ3n) is 5.95. The Morgan fingerprint density at radius 1 is 1.47 bits per heavy atom. The monoisotopic (exact) mass is 423 g/mol. The van der Waals surface area contributed by atoms with Gasteiger partial charge in [0, 0.05) is 23.3 Å². The molecule has 9 heteroatoms. The highest BCUT2D eigenvalue weighted by Gasteiger charge is 2.66. The quantitative estimate of drug-likeness (QED) is 0.732. The molecule has 0 bridgehead atoms. The SMILES string of the molecule is C#CCOc1cnc(C(=O)Nc2cc(F)c3c(c2)[C@@]2(C3)N=C(N)SC3C(C)C32)cn1. The van der Waals surface area contributed by atoms with Crippen molar-refractivity contribution in [2.75, 3.05) is 11.9 Å². The van der Waals surface area contributed by atoms with Gasteiger partial charge in [0.2, 0.25) is 5.88 Å². The first-order chi connectivity index (χ1) is 14.4. The Morgan fingerprint density at radius 3 is 3.03 bits per heavy atom. The molecule has 3 unspecified atom stereocenters. The molecule has 5 rings (SSSR count). The third kappa shape index (κ3) is 2.82. The van der Waals surface area contributed by atoms with Crippen molar-refractivity contribution < 1.29 is 13.9 Å². The highest BCUT2D eigenvalue weighted by molar-refractivity contribution is 8.14. The van der Waals surface area contributed by atoms with Crippen LogP contribution in [0.5, 0.6) is 5.88 Å². The van der Waals surface area contributed by atoms with E-state index in [0.29, 0.717) is 39.9 Å². The van der Waals surface area contributed by atoms with Crippen LogP contribution in [0, 0.1) is 30.0 Å². The summed E-state index contributed by atoms with van der Waals surface area (Å²) in [6, 6.07) is 3.12. The molecule has 1 fully saturated rings. The van der Waals surface area contributed by atoms with Gasteiger partial charge in [-0.3, -0.25) is 9.79 Å². The van der Waals surface area contributed by atoms with Crippen LogP contribution in [-0.2, 0) is 12.0 Å². The van der Waals surface area contributed by atoms with Crippen molar-refractivity contribution in [2.24, 2.45) is 22.6 Å². The minimum absolute atomic E-state index is 0.0579. The van der Waals surface area contributed by atoms with Crippen molar-refractivity contribution in [1.29, 1.82) is 0 Å². The summed E-state index contributed by atoms with van der Waals surface area (Å²) in [6.45, 7) is 2.23. The zero-order chi connectivity index (χ0) is 21.0. The largest absolute Gasteiger partial charge is 0.463 e. The molecule has 0 radical (unpaired) electrons. The van der Waals surface area contributed by atoms with Crippen LogP contribution in [0.15, 0.2) is 29.5 Å². The predicted octanol–water partition coefficient (Wildman–Crippen LogP) is 2.33. The lowest BCUT2D eigenvalue weighted by molar-refractivity contribution is 0.102. The fourth-order valence-corrected chi connectivity index (χ4v) is 5.91. The number of halogens is 1. The van der Waals surface area contributed by atoms with E-state index in [1.165, 1.54) is 18.5 Å². The van der Waals surface area contributed by atoms with E-state index in [0.717, 1.165) is 5.56 Å². The Kier molecular flexibility index (Phi) is 4.22. The van der Waals surface area contributed by atoms with Gasteiger partial charge in [-0.15, -0.1) is 6.42 Å². The van der Waals surface area contributed by atoms with Crippen LogP contribution >= 0.6 is 11.8 Å². The van der Waals surface area contributed by atoms with Gasteiger partial charge in [-0.05, 0) is 29.2 Å². The molecule has 1 saturated carbocycles. The lowest BCUT2D eigenvalue weighted by Gasteiger charge is -2.44. The molecule has 1 amide bonds. The van der Waals surface area contributed by atoms with E-state index in [4.69, 9.17) is 21.9 Å². The van der Waals surface area contributed by atoms with Gasteiger partial charge in [0.25, 0.3) is 5.91 Å². The molecule has 2 aromatic rings. The molecule has 1 aromatic heterocycles. The summed E-state index contributed by atoms with van der Waals surface area (Å²) in [5, 5.41) is 3.66. The summed E-state index contributed by atoms with van der Waals surface area (Å²) in [5.41, 5.74) is 7.44. The fraction of sp³-hybridized carbons (Fsp3) is 0.333. The summed E-state index contributed by atoms with van der Waals surface area (Å²) in [6.07, 6.45) is 8.25. The van der Waals surface area contributed by atoms with Gasteiger partial charge in [-0.2, -0.15) is 0 Å². The zero-order valence-corrected chi connectivity index (χ0v) is 16.9. The van der Waals surface area contributed by atoms with E-state index in [2.05, 4.69) is 28.1 Å². The first-order valence-electron chi connectivity index (χ1n) is 9.47. The van der Waals surface area contributed by atoms with Crippen molar-refractivity contribution >= 4 is 28.5 Å². The number of benzene rings is 1. The number of thioether (sulfide) groups is 1. The van der Waals surface area contributed by atoms with Crippen LogP contribution in [-0.4, -0.2) is 32.9 Å². The standard InChI is InChI=1S/C21H18FN5O2S/c1-3-4-29-16-9-24-15(8-25-16)19(28)26-11-5-13-12(14(22)6-11)7-21(13)17-10(2)18(17)30-20(23)27-21/h1,5-6,8-10,17-18H,4,7H2,2H3,(H2,23,27)(H,26,28)/t10?,17?,18?,21-/m1/s1. The highest BCUT2D eigenvalue weighted by Crippen LogP contribution is 2.66. The number of hydrogen-bond donors (Lipinski definition) is 2. The number of anilines is 1. The number of ether oxygens (including phenoxy) is 1. The smallest absolute Gasteiger partial charge is 0.275 e. The number of nitrogens with two attached hydrogens (primary N) is 1. The number of rotatable bonds is 4. The van der Waals surface area contributed by atoms with E-state index in [1.54, 1.807) is 17.8 Å². The lowest BCUT2D eigenvalue weighted by atomic mass is 9.67. The van der Waals surface area contributed by atoms with Crippen LogP contribution in [0.1, 0.15) is 28.5 Å². The maximum Gasteiger partial charge on any atom is 0.275 e. The van der Waals surface area contributed by atoms with E-state index in [1.807, 2.05) is 0 Å². The molecule has 7 nitrogen and oxygen atoms in total. The fourth-order valence-electron chi connectivity index (χ4n) is 4.50. The summed E-state index contributed by atoms with van der Waals surface area (Å²) in [5.74, 6) is 2.50. The summed E-state index contributed by atoms with van der Waals surface area (Å²) < 4.78 is 19.8. The number of terminal acetylenes is 1. The molecule has 3 N–H and O–H groups in total. The van der Waals surface area contributed by atoms with Gasteiger partial charge in [0.05, 0.1) is 17.9 Å². The predicted molar refractivity (Wildman–Crippen MR) is 112 cm³/mol. The van der Waals surface area contributed by atoms with Crippen LogP contribution < -0.4 is 15.8 Å². The molecule has 1 aromatic carbocycles. The molecule has 3 aliphatic rings. The number of aliphatic imine (C=N–C) groups is 1. The van der Waals surface area contributed by atoms with Crippen LogP contribution in [0.3, 0.4) is 0 Å². The average Bonchev–Trinajstić information content (AvgIpc) is 3.37. The maximum absolute atomic E-state index is 14.7. The van der Waals surface area contributed by atoms with Crippen molar-refractivity contribution in [3.05, 3.63) is 47.2 Å². The molecule has 30 heavy (non-hydrogen) atoms. The minimum atomic E-state index is -0.501. The Hall–Kier alpha value is -3.12. The molecule has 2 heterocycles. The first kappa shape index (κ1) is 18.9. The molecule has 1 aliphatic heterocycles. The van der Waals surface area contributed by atoms with Gasteiger partial charge in [0.1, 0.15) is 11.5 Å². The second-order valence-corrected chi connectivity index (χ2v) is 8.89. The maximum atomic E-state index is 14.7. The summed E-state index contributed by atoms with van der Waals surface area (Å²) >= 11 is 1.60.